The van der Waals surface area contributed by atoms with Gasteiger partial charge in [0.1, 0.15) is 0 Å². The number of nitrogens with zero attached hydrogens (tertiary/aromatic N) is 1. The van der Waals surface area contributed by atoms with Crippen LogP contribution in [0.5, 0.6) is 0 Å². The van der Waals surface area contributed by atoms with Gasteiger partial charge in [-0.2, -0.15) is 13.2 Å². The summed E-state index contributed by atoms with van der Waals surface area (Å²) in [5, 5.41) is 2.58. The number of nitrogen functional groups attached to an aromatic ring is 1. The van der Waals surface area contributed by atoms with E-state index in [1.807, 2.05) is 0 Å². The van der Waals surface area contributed by atoms with Crippen LogP contribution in [0.15, 0.2) is 24.3 Å². The standard InChI is InChI=1S/C12H16F3N3O/c1-18(8-12(13,14)15)7-6-11(19)17-10-4-2-9(16)3-5-10/h2-5H,6-8,16H2,1H3,(H,17,19). The molecule has 0 radical (unpaired) electrons. The number of carbonyl (C=O) groups is 1. The van der Waals surface area contributed by atoms with E-state index < -0.39 is 12.7 Å². The number of carbonyl (C=O) groups excluding carboxylic acids is 1. The van der Waals surface area contributed by atoms with Gasteiger partial charge >= 0.3 is 6.18 Å². The van der Waals surface area contributed by atoms with E-state index in [-0.39, 0.29) is 18.9 Å². The number of anilines is 2. The lowest BCUT2D eigenvalue weighted by Crippen LogP contribution is -2.33. The molecular formula is C12H16F3N3O. The number of amides is 1. The highest BCUT2D eigenvalue weighted by molar-refractivity contribution is 5.90. The molecular weight excluding hydrogens is 259 g/mol. The van der Waals surface area contributed by atoms with Gasteiger partial charge in [-0.1, -0.05) is 0 Å². The van der Waals surface area contributed by atoms with Gasteiger partial charge in [0.25, 0.3) is 0 Å². The second-order valence-electron chi connectivity index (χ2n) is 4.27. The number of hydrogen-bond donors (Lipinski definition) is 2. The minimum absolute atomic E-state index is 0.00302. The number of rotatable bonds is 5. The van der Waals surface area contributed by atoms with Crippen molar-refractivity contribution in [3.63, 3.8) is 0 Å². The van der Waals surface area contributed by atoms with Gasteiger partial charge in [-0.15, -0.1) is 0 Å². The van der Waals surface area contributed by atoms with Crippen molar-refractivity contribution >= 4 is 17.3 Å². The molecule has 106 valence electrons. The minimum Gasteiger partial charge on any atom is -0.399 e. The van der Waals surface area contributed by atoms with Crippen LogP contribution in [-0.2, 0) is 4.79 Å². The SMILES string of the molecule is CN(CCC(=O)Nc1ccc(N)cc1)CC(F)(F)F. The van der Waals surface area contributed by atoms with Crippen molar-refractivity contribution in [2.75, 3.05) is 31.2 Å². The average molecular weight is 275 g/mol. The summed E-state index contributed by atoms with van der Waals surface area (Å²) >= 11 is 0. The van der Waals surface area contributed by atoms with Crippen molar-refractivity contribution in [2.24, 2.45) is 0 Å². The minimum atomic E-state index is -4.25. The van der Waals surface area contributed by atoms with Gasteiger partial charge in [-0.3, -0.25) is 9.69 Å². The molecule has 0 saturated heterocycles. The maximum Gasteiger partial charge on any atom is 0.401 e. The number of nitrogens with one attached hydrogen (secondary N) is 1. The van der Waals surface area contributed by atoms with Crippen LogP contribution in [0, 0.1) is 0 Å². The lowest BCUT2D eigenvalue weighted by atomic mass is 10.2. The summed E-state index contributed by atoms with van der Waals surface area (Å²) in [6, 6.07) is 6.52. The smallest absolute Gasteiger partial charge is 0.399 e. The Hall–Kier alpha value is -1.76. The summed E-state index contributed by atoms with van der Waals surface area (Å²) in [5.74, 6) is -0.334. The number of benzene rings is 1. The van der Waals surface area contributed by atoms with E-state index in [1.165, 1.54) is 7.05 Å². The van der Waals surface area contributed by atoms with Crippen LogP contribution in [0.4, 0.5) is 24.5 Å². The number of nitrogens with two attached hydrogens (primary N) is 1. The lowest BCUT2D eigenvalue weighted by Gasteiger charge is -2.18. The van der Waals surface area contributed by atoms with E-state index in [4.69, 9.17) is 5.73 Å². The summed E-state index contributed by atoms with van der Waals surface area (Å²) in [5.41, 5.74) is 6.63. The maximum absolute atomic E-state index is 12.1. The molecule has 0 atom stereocenters. The molecule has 19 heavy (non-hydrogen) atoms. The largest absolute Gasteiger partial charge is 0.401 e. The van der Waals surface area contributed by atoms with Gasteiger partial charge in [0.15, 0.2) is 0 Å². The fraction of sp³-hybridized carbons (Fsp3) is 0.417. The van der Waals surface area contributed by atoms with E-state index in [0.29, 0.717) is 11.4 Å². The molecule has 0 bridgehead atoms. The molecule has 0 aromatic heterocycles. The third-order valence-electron chi connectivity index (χ3n) is 2.36. The Morgan fingerprint density at radius 2 is 1.89 bits per heavy atom. The van der Waals surface area contributed by atoms with Crippen molar-refractivity contribution in [1.82, 2.24) is 4.90 Å². The number of hydrogen-bond acceptors (Lipinski definition) is 3. The third-order valence-corrected chi connectivity index (χ3v) is 2.36. The van der Waals surface area contributed by atoms with Crippen LogP contribution < -0.4 is 11.1 Å². The van der Waals surface area contributed by atoms with Gasteiger partial charge in [0.2, 0.25) is 5.91 Å². The van der Waals surface area contributed by atoms with E-state index >= 15 is 0 Å². The summed E-state index contributed by atoms with van der Waals surface area (Å²) < 4.78 is 36.2. The molecule has 7 heteroatoms. The van der Waals surface area contributed by atoms with Crippen molar-refractivity contribution < 1.29 is 18.0 Å². The lowest BCUT2D eigenvalue weighted by molar-refractivity contribution is -0.144. The fourth-order valence-electron chi connectivity index (χ4n) is 1.47. The Morgan fingerprint density at radius 1 is 1.32 bits per heavy atom. The molecule has 0 aliphatic heterocycles. The number of halogens is 3. The molecule has 3 N–H and O–H groups in total. The predicted molar refractivity (Wildman–Crippen MR) is 67.7 cm³/mol. The van der Waals surface area contributed by atoms with Crippen LogP contribution >= 0.6 is 0 Å². The molecule has 0 spiro atoms. The summed E-state index contributed by atoms with van der Waals surface area (Å²) in [6.45, 7) is -0.984. The molecule has 0 heterocycles. The summed E-state index contributed by atoms with van der Waals surface area (Å²) in [6.07, 6.45) is -4.25. The molecule has 0 aliphatic rings. The molecule has 1 aromatic rings. The molecule has 0 saturated carbocycles. The molecule has 1 amide bonds. The van der Waals surface area contributed by atoms with Crippen LogP contribution in [-0.4, -0.2) is 37.1 Å². The van der Waals surface area contributed by atoms with E-state index in [1.54, 1.807) is 24.3 Å². The molecule has 1 rings (SSSR count). The van der Waals surface area contributed by atoms with Gasteiger partial charge < -0.3 is 11.1 Å². The van der Waals surface area contributed by atoms with Crippen molar-refractivity contribution in [3.8, 4) is 0 Å². The van der Waals surface area contributed by atoms with Gasteiger partial charge in [-0.05, 0) is 31.3 Å². The first-order chi connectivity index (χ1) is 8.76. The topological polar surface area (TPSA) is 58.4 Å². The average Bonchev–Trinajstić information content (AvgIpc) is 2.27. The first-order valence-electron chi connectivity index (χ1n) is 5.67. The first-order valence-corrected chi connectivity index (χ1v) is 5.67. The Bertz CT molecular complexity index is 417. The monoisotopic (exact) mass is 275 g/mol. The van der Waals surface area contributed by atoms with Gasteiger partial charge in [0, 0.05) is 24.3 Å². The Balaban J connectivity index is 2.34. The molecule has 0 aliphatic carbocycles. The fourth-order valence-corrected chi connectivity index (χ4v) is 1.47. The summed E-state index contributed by atoms with van der Waals surface area (Å²) in [7, 11) is 1.32. The van der Waals surface area contributed by atoms with Crippen molar-refractivity contribution in [3.05, 3.63) is 24.3 Å². The van der Waals surface area contributed by atoms with E-state index in [9.17, 15) is 18.0 Å². The highest BCUT2D eigenvalue weighted by Gasteiger charge is 2.29. The second kappa shape index (κ2) is 6.42. The van der Waals surface area contributed by atoms with Crippen LogP contribution in [0.1, 0.15) is 6.42 Å². The van der Waals surface area contributed by atoms with Gasteiger partial charge in [-0.25, -0.2) is 0 Å². The maximum atomic E-state index is 12.1. The Labute approximate surface area is 109 Å². The quantitative estimate of drug-likeness (QED) is 0.809. The molecule has 1 aromatic carbocycles. The van der Waals surface area contributed by atoms with Gasteiger partial charge in [0.05, 0.1) is 6.54 Å². The zero-order valence-electron chi connectivity index (χ0n) is 10.5. The first kappa shape index (κ1) is 15.3. The summed E-state index contributed by atoms with van der Waals surface area (Å²) in [4.78, 5) is 12.6. The zero-order chi connectivity index (χ0) is 14.5. The Kier molecular flexibility index (Phi) is 5.17. The van der Waals surface area contributed by atoms with Crippen LogP contribution in [0.2, 0.25) is 0 Å². The highest BCUT2D eigenvalue weighted by atomic mass is 19.4. The third kappa shape index (κ3) is 6.66. The highest BCUT2D eigenvalue weighted by Crippen LogP contribution is 2.15. The normalized spacial score (nSPS) is 11.6. The van der Waals surface area contributed by atoms with Crippen molar-refractivity contribution in [1.29, 1.82) is 0 Å². The van der Waals surface area contributed by atoms with E-state index in [0.717, 1.165) is 4.90 Å². The van der Waals surface area contributed by atoms with Crippen molar-refractivity contribution in [2.45, 2.75) is 12.6 Å². The predicted octanol–water partition coefficient (Wildman–Crippen LogP) is 2.09. The molecule has 4 nitrogen and oxygen atoms in total. The number of alkyl halides is 3. The Morgan fingerprint density at radius 3 is 2.42 bits per heavy atom. The van der Waals surface area contributed by atoms with Crippen LogP contribution in [0.25, 0.3) is 0 Å². The molecule has 0 unspecified atom stereocenters. The van der Waals surface area contributed by atoms with Crippen LogP contribution in [0.3, 0.4) is 0 Å². The van der Waals surface area contributed by atoms with E-state index in [2.05, 4.69) is 5.32 Å². The zero-order valence-corrected chi connectivity index (χ0v) is 10.5. The second-order valence-corrected chi connectivity index (χ2v) is 4.27. The molecule has 0 fully saturated rings.